The highest BCUT2D eigenvalue weighted by Crippen LogP contribution is 2.09. The maximum absolute atomic E-state index is 12.4. The molecular weight excluding hydrogens is 318 g/mol. The summed E-state index contributed by atoms with van der Waals surface area (Å²) in [5.74, 6) is 0.127. The maximum atomic E-state index is 12.4. The second-order valence-electron chi connectivity index (χ2n) is 5.60. The van der Waals surface area contributed by atoms with E-state index >= 15 is 0 Å². The van der Waals surface area contributed by atoms with Gasteiger partial charge in [-0.2, -0.15) is 4.98 Å². The van der Waals surface area contributed by atoms with Gasteiger partial charge in [0.25, 0.3) is 5.89 Å². The number of piperazine rings is 1. The smallest absolute Gasteiger partial charge is 0.252 e. The van der Waals surface area contributed by atoms with Crippen LogP contribution in [0.25, 0.3) is 0 Å². The van der Waals surface area contributed by atoms with Crippen molar-refractivity contribution in [1.29, 1.82) is 0 Å². The normalized spacial score (nSPS) is 18.6. The van der Waals surface area contributed by atoms with Crippen LogP contribution < -0.4 is 5.32 Å². The molecule has 2 amide bonds. The van der Waals surface area contributed by atoms with E-state index in [-0.39, 0.29) is 30.9 Å². The van der Waals surface area contributed by atoms with E-state index in [9.17, 15) is 9.59 Å². The quantitative estimate of drug-likeness (QED) is 0.585. The highest BCUT2D eigenvalue weighted by molar-refractivity contribution is 5.88. The number of carbonyl (C=O) groups is 2. The van der Waals surface area contributed by atoms with Crippen LogP contribution in [0.4, 0.5) is 0 Å². The number of aromatic nitrogens is 2. The van der Waals surface area contributed by atoms with Crippen LogP contribution in [0.5, 0.6) is 0 Å². The summed E-state index contributed by atoms with van der Waals surface area (Å²) in [6, 6.07) is -0.551. The zero-order valence-corrected chi connectivity index (χ0v) is 13.9. The third-order valence-electron chi connectivity index (χ3n) is 3.77. The minimum atomic E-state index is -0.551. The van der Waals surface area contributed by atoms with Gasteiger partial charge in [0, 0.05) is 39.7 Å². The van der Waals surface area contributed by atoms with Crippen LogP contribution in [0.15, 0.2) is 4.52 Å². The first-order chi connectivity index (χ1) is 11.5. The molecule has 0 aromatic carbocycles. The van der Waals surface area contributed by atoms with E-state index in [0.717, 1.165) is 0 Å². The summed E-state index contributed by atoms with van der Waals surface area (Å²) in [6.07, 6.45) is 0.379. The largest absolute Gasteiger partial charge is 0.387 e. The van der Waals surface area contributed by atoms with Crippen LogP contribution in [0.1, 0.15) is 11.7 Å². The number of nitrogens with zero attached hydrogens (tertiary/aromatic N) is 4. The SMILES string of the molecule is COCC(=O)N1CCN(C)C[C@@H]1C(=O)NCCc1noc(CO)n1. The van der Waals surface area contributed by atoms with E-state index < -0.39 is 6.04 Å². The molecule has 1 atom stereocenters. The molecule has 10 nitrogen and oxygen atoms in total. The standard InChI is InChI=1S/C14H23N5O5/c1-18-5-6-19(13(21)9-23-2)10(7-18)14(22)15-4-3-11-16-12(8-20)24-17-11/h10,20H,3-9H2,1-2H3,(H,15,22)/t10-/m1/s1. The van der Waals surface area contributed by atoms with Gasteiger partial charge in [0.2, 0.25) is 11.8 Å². The Balaban J connectivity index is 1.88. The fourth-order valence-electron chi connectivity index (χ4n) is 2.52. The predicted octanol–water partition coefficient (Wildman–Crippen LogP) is -1.99. The van der Waals surface area contributed by atoms with Crippen LogP contribution in [-0.4, -0.2) is 89.8 Å². The van der Waals surface area contributed by atoms with Crippen LogP contribution in [0.2, 0.25) is 0 Å². The first kappa shape index (κ1) is 18.3. The summed E-state index contributed by atoms with van der Waals surface area (Å²) in [6.45, 7) is 1.63. The lowest BCUT2D eigenvalue weighted by atomic mass is 10.1. The number of hydrogen-bond donors (Lipinski definition) is 2. The number of aliphatic hydroxyl groups excluding tert-OH is 1. The molecule has 2 N–H and O–H groups in total. The van der Waals surface area contributed by atoms with Gasteiger partial charge in [-0.05, 0) is 7.05 Å². The van der Waals surface area contributed by atoms with E-state index in [0.29, 0.717) is 38.4 Å². The van der Waals surface area contributed by atoms with Gasteiger partial charge >= 0.3 is 0 Å². The summed E-state index contributed by atoms with van der Waals surface area (Å²) >= 11 is 0. The molecule has 1 aromatic heterocycles. The molecule has 0 radical (unpaired) electrons. The monoisotopic (exact) mass is 341 g/mol. The molecule has 0 aliphatic carbocycles. The van der Waals surface area contributed by atoms with Crippen molar-refractivity contribution in [2.45, 2.75) is 19.1 Å². The molecule has 1 fully saturated rings. The molecule has 2 heterocycles. The van der Waals surface area contributed by atoms with Crippen molar-refractivity contribution in [2.24, 2.45) is 0 Å². The van der Waals surface area contributed by atoms with Crippen LogP contribution in [0.3, 0.4) is 0 Å². The van der Waals surface area contributed by atoms with E-state index in [1.165, 1.54) is 7.11 Å². The van der Waals surface area contributed by atoms with Crippen LogP contribution in [-0.2, 0) is 27.4 Å². The predicted molar refractivity (Wildman–Crippen MR) is 81.8 cm³/mol. The fraction of sp³-hybridized carbons (Fsp3) is 0.714. The first-order valence-corrected chi connectivity index (χ1v) is 7.72. The molecule has 0 saturated carbocycles. The summed E-state index contributed by atoms with van der Waals surface area (Å²) in [5.41, 5.74) is 0. The summed E-state index contributed by atoms with van der Waals surface area (Å²) in [4.78, 5) is 32.0. The summed E-state index contributed by atoms with van der Waals surface area (Å²) < 4.78 is 9.66. The Morgan fingerprint density at radius 3 is 2.92 bits per heavy atom. The minimum Gasteiger partial charge on any atom is -0.387 e. The summed E-state index contributed by atoms with van der Waals surface area (Å²) in [7, 11) is 3.36. The Labute approximate surface area is 139 Å². The molecule has 1 saturated heterocycles. The molecule has 0 spiro atoms. The second-order valence-corrected chi connectivity index (χ2v) is 5.60. The Kier molecular flexibility index (Phi) is 6.64. The number of likely N-dealkylation sites (N-methyl/N-ethyl adjacent to an activating group) is 1. The number of ether oxygens (including phenoxy) is 1. The third kappa shape index (κ3) is 4.73. The van der Waals surface area contributed by atoms with Gasteiger partial charge in [0.05, 0.1) is 0 Å². The lowest BCUT2D eigenvalue weighted by Crippen LogP contribution is -2.60. The van der Waals surface area contributed by atoms with Gasteiger partial charge in [-0.1, -0.05) is 5.16 Å². The number of amides is 2. The Bertz CT molecular complexity index is 564. The van der Waals surface area contributed by atoms with Crippen LogP contribution in [0, 0.1) is 0 Å². The van der Waals surface area contributed by atoms with Gasteiger partial charge in [-0.3, -0.25) is 9.59 Å². The Morgan fingerprint density at radius 2 is 2.25 bits per heavy atom. The fourth-order valence-corrected chi connectivity index (χ4v) is 2.52. The van der Waals surface area contributed by atoms with Gasteiger partial charge in [-0.25, -0.2) is 0 Å². The number of nitrogens with one attached hydrogen (secondary N) is 1. The number of rotatable bonds is 7. The number of carbonyl (C=O) groups excluding carboxylic acids is 2. The van der Waals surface area contributed by atoms with E-state index in [1.807, 2.05) is 11.9 Å². The average molecular weight is 341 g/mol. The van der Waals surface area contributed by atoms with Crippen molar-refractivity contribution >= 4 is 11.8 Å². The molecule has 24 heavy (non-hydrogen) atoms. The highest BCUT2D eigenvalue weighted by Gasteiger charge is 2.33. The van der Waals surface area contributed by atoms with Crippen LogP contribution >= 0.6 is 0 Å². The molecule has 1 aromatic rings. The second kappa shape index (κ2) is 8.71. The Hall–Kier alpha value is -2.04. The van der Waals surface area contributed by atoms with E-state index in [4.69, 9.17) is 14.4 Å². The average Bonchev–Trinajstić information content (AvgIpc) is 3.02. The minimum absolute atomic E-state index is 0.0414. The topological polar surface area (TPSA) is 121 Å². The van der Waals surface area contributed by atoms with Crippen molar-refractivity contribution in [3.63, 3.8) is 0 Å². The number of hydrogen-bond acceptors (Lipinski definition) is 8. The van der Waals surface area contributed by atoms with Gasteiger partial charge in [-0.15, -0.1) is 0 Å². The van der Waals surface area contributed by atoms with Gasteiger partial charge in [0.1, 0.15) is 19.3 Å². The zero-order valence-electron chi connectivity index (χ0n) is 13.9. The van der Waals surface area contributed by atoms with Crippen molar-refractivity contribution in [2.75, 3.05) is 46.9 Å². The lowest BCUT2D eigenvalue weighted by molar-refractivity contribution is -0.146. The number of aliphatic hydroxyl groups is 1. The molecule has 1 aliphatic rings. The van der Waals surface area contributed by atoms with E-state index in [1.54, 1.807) is 4.90 Å². The number of methoxy groups -OCH3 is 1. The Morgan fingerprint density at radius 1 is 1.46 bits per heavy atom. The van der Waals surface area contributed by atoms with Crippen molar-refractivity contribution < 1.29 is 24.0 Å². The molecule has 0 bridgehead atoms. The van der Waals surface area contributed by atoms with E-state index in [2.05, 4.69) is 15.5 Å². The molecular formula is C14H23N5O5. The molecule has 0 unspecified atom stereocenters. The van der Waals surface area contributed by atoms with Crippen molar-refractivity contribution in [1.82, 2.24) is 25.3 Å². The van der Waals surface area contributed by atoms with Gasteiger partial charge in [0.15, 0.2) is 5.82 Å². The lowest BCUT2D eigenvalue weighted by Gasteiger charge is -2.38. The van der Waals surface area contributed by atoms with Crippen molar-refractivity contribution in [3.05, 3.63) is 11.7 Å². The molecule has 134 valence electrons. The van der Waals surface area contributed by atoms with Crippen molar-refractivity contribution in [3.8, 4) is 0 Å². The maximum Gasteiger partial charge on any atom is 0.252 e. The molecule has 2 rings (SSSR count). The third-order valence-corrected chi connectivity index (χ3v) is 3.77. The van der Waals surface area contributed by atoms with Gasteiger partial charge < -0.3 is 29.5 Å². The molecule has 10 heteroatoms. The molecule has 1 aliphatic heterocycles. The highest BCUT2D eigenvalue weighted by atomic mass is 16.5. The summed E-state index contributed by atoms with van der Waals surface area (Å²) in [5, 5.41) is 15.3. The first-order valence-electron chi connectivity index (χ1n) is 7.72. The zero-order chi connectivity index (χ0) is 17.5.